The van der Waals surface area contributed by atoms with Gasteiger partial charge < -0.3 is 4.98 Å². The van der Waals surface area contributed by atoms with Gasteiger partial charge in [0.1, 0.15) is 5.65 Å². The second-order valence-corrected chi connectivity index (χ2v) is 7.34. The maximum Gasteiger partial charge on any atom is 0.137 e. The first-order valence-electron chi connectivity index (χ1n) is 9.16. The largest absolute Gasteiger partial charge is 0.346 e. The smallest absolute Gasteiger partial charge is 0.137 e. The van der Waals surface area contributed by atoms with E-state index in [0.29, 0.717) is 0 Å². The highest BCUT2D eigenvalue weighted by atomic mass is 15.1. The van der Waals surface area contributed by atoms with Crippen LogP contribution in [0.4, 0.5) is 0 Å². The summed E-state index contributed by atoms with van der Waals surface area (Å²) in [6, 6.07) is 14.0. The van der Waals surface area contributed by atoms with Gasteiger partial charge in [0, 0.05) is 23.2 Å². The predicted molar refractivity (Wildman–Crippen MR) is 113 cm³/mol. The number of hydrogen-bond acceptors (Lipinski definition) is 2. The molecule has 0 saturated heterocycles. The van der Waals surface area contributed by atoms with Crippen molar-refractivity contribution in [1.82, 2.24) is 20.2 Å². The Hall–Kier alpha value is -2.62. The van der Waals surface area contributed by atoms with Gasteiger partial charge >= 0.3 is 0 Å². The molecule has 4 nitrogen and oxygen atoms in total. The van der Waals surface area contributed by atoms with Crippen molar-refractivity contribution in [3.8, 4) is 0 Å². The van der Waals surface area contributed by atoms with Gasteiger partial charge in [-0.2, -0.15) is 5.10 Å². The number of pyridine rings is 1. The van der Waals surface area contributed by atoms with Crippen molar-refractivity contribution in [2.45, 2.75) is 41.5 Å². The van der Waals surface area contributed by atoms with Crippen LogP contribution in [-0.2, 0) is 0 Å². The summed E-state index contributed by atoms with van der Waals surface area (Å²) in [6.07, 6.45) is 5.48. The Morgan fingerprint density at radius 1 is 0.769 bits per heavy atom. The molecule has 4 rings (SSSR count). The average molecular weight is 353 g/mol. The van der Waals surface area contributed by atoms with Gasteiger partial charge in [-0.15, -0.1) is 0 Å². The summed E-state index contributed by atoms with van der Waals surface area (Å²) in [7, 11) is 0. The van der Waals surface area contributed by atoms with Crippen molar-refractivity contribution in [1.29, 1.82) is 0 Å². The average Bonchev–Trinajstić information content (AvgIpc) is 3.23. The number of H-pyrrole nitrogens is 2. The molecule has 0 saturated carbocycles. The van der Waals surface area contributed by atoms with E-state index >= 15 is 0 Å². The van der Waals surface area contributed by atoms with Crippen LogP contribution in [0.5, 0.6) is 0 Å². The summed E-state index contributed by atoms with van der Waals surface area (Å²) >= 11 is 0. The van der Waals surface area contributed by atoms with Gasteiger partial charge in [0.2, 0.25) is 0 Å². The first-order chi connectivity index (χ1) is 12.4. The van der Waals surface area contributed by atoms with Gasteiger partial charge in [-0.1, -0.05) is 59.7 Å². The molecule has 0 atom stereocenters. The Morgan fingerprint density at radius 2 is 1.38 bits per heavy atom. The molecule has 0 aliphatic carbocycles. The summed E-state index contributed by atoms with van der Waals surface area (Å²) in [4.78, 5) is 7.09. The molecule has 26 heavy (non-hydrogen) atoms. The molecule has 0 aliphatic rings. The number of aromatic amines is 2. The third-order valence-corrected chi connectivity index (χ3v) is 2.67. The summed E-state index contributed by atoms with van der Waals surface area (Å²) in [6.45, 7) is 13.0. The number of nitrogens with one attached hydrogen (secondary N) is 2. The Kier molecular flexibility index (Phi) is 9.77. The van der Waals surface area contributed by atoms with Crippen LogP contribution in [0.1, 0.15) is 41.5 Å². The maximum atomic E-state index is 4.09. The number of para-hydroxylation sites is 1. The second-order valence-electron chi connectivity index (χ2n) is 7.34. The van der Waals surface area contributed by atoms with Crippen molar-refractivity contribution < 1.29 is 0 Å². The van der Waals surface area contributed by atoms with Crippen molar-refractivity contribution in [2.24, 2.45) is 11.8 Å². The molecule has 4 aromatic rings. The van der Waals surface area contributed by atoms with E-state index in [9.17, 15) is 0 Å². The van der Waals surface area contributed by atoms with Crippen molar-refractivity contribution in [2.75, 3.05) is 0 Å². The maximum absolute atomic E-state index is 4.09. The second kappa shape index (κ2) is 11.9. The highest BCUT2D eigenvalue weighted by Crippen LogP contribution is 2.07. The third kappa shape index (κ3) is 9.02. The number of fused-ring (bicyclic) bond motifs is 2. The lowest BCUT2D eigenvalue weighted by molar-refractivity contribution is 0.736. The zero-order valence-electron chi connectivity index (χ0n) is 16.8. The predicted octanol–water partition coefficient (Wildman–Crippen LogP) is 6.45. The molecule has 140 valence electrons. The van der Waals surface area contributed by atoms with Crippen molar-refractivity contribution in [3.05, 3.63) is 61.1 Å². The number of rotatable bonds is 0. The number of nitrogens with zero attached hydrogens (tertiary/aromatic N) is 2. The fourth-order valence-electron chi connectivity index (χ4n) is 1.77. The van der Waals surface area contributed by atoms with E-state index in [4.69, 9.17) is 0 Å². The van der Waals surface area contributed by atoms with Gasteiger partial charge in [0.25, 0.3) is 0 Å². The first kappa shape index (κ1) is 21.4. The molecule has 0 radical (unpaired) electrons. The molecule has 2 N–H and O–H groups in total. The van der Waals surface area contributed by atoms with E-state index in [0.717, 1.165) is 33.8 Å². The van der Waals surface area contributed by atoms with E-state index in [1.807, 2.05) is 54.9 Å². The Balaban J connectivity index is 0.000000188. The molecule has 0 bridgehead atoms. The van der Waals surface area contributed by atoms with Crippen LogP contribution >= 0.6 is 0 Å². The minimum absolute atomic E-state index is 0.833. The summed E-state index contributed by atoms with van der Waals surface area (Å²) in [5.74, 6) is 1.67. The van der Waals surface area contributed by atoms with Gasteiger partial charge in [0.05, 0.1) is 11.7 Å². The fraction of sp³-hybridized carbons (Fsp3) is 0.364. The lowest BCUT2D eigenvalue weighted by Gasteiger charge is -1.82. The molecule has 4 heteroatoms. The van der Waals surface area contributed by atoms with Crippen LogP contribution in [-0.4, -0.2) is 20.2 Å². The Labute approximate surface area is 157 Å². The SMILES string of the molecule is CC(C)C.CC(C)C.c1ccc2[nH]ncc2c1.c1cnc2[nH]ccc2c1. The van der Waals surface area contributed by atoms with E-state index in [2.05, 4.69) is 61.7 Å². The molecular weight excluding hydrogens is 320 g/mol. The summed E-state index contributed by atoms with van der Waals surface area (Å²) < 4.78 is 0. The van der Waals surface area contributed by atoms with Crippen LogP contribution in [0.15, 0.2) is 61.1 Å². The quantitative estimate of drug-likeness (QED) is 0.382. The highest BCUT2D eigenvalue weighted by Gasteiger charge is 1.89. The minimum atomic E-state index is 0.833. The number of hydrogen-bond donors (Lipinski definition) is 2. The highest BCUT2D eigenvalue weighted by molar-refractivity contribution is 5.77. The number of aromatic nitrogens is 4. The van der Waals surface area contributed by atoms with Gasteiger partial charge in [0.15, 0.2) is 0 Å². The topological polar surface area (TPSA) is 57.4 Å². The molecule has 3 aromatic heterocycles. The Morgan fingerprint density at radius 3 is 2.00 bits per heavy atom. The minimum Gasteiger partial charge on any atom is -0.346 e. The molecule has 1 aromatic carbocycles. The van der Waals surface area contributed by atoms with Gasteiger partial charge in [-0.3, -0.25) is 5.10 Å². The molecule has 0 unspecified atom stereocenters. The van der Waals surface area contributed by atoms with Crippen LogP contribution < -0.4 is 0 Å². The van der Waals surface area contributed by atoms with Crippen LogP contribution in [0.3, 0.4) is 0 Å². The lowest BCUT2D eigenvalue weighted by atomic mass is 10.3. The van der Waals surface area contributed by atoms with Gasteiger partial charge in [-0.25, -0.2) is 4.98 Å². The fourth-order valence-corrected chi connectivity index (χ4v) is 1.77. The Bertz CT molecular complexity index is 705. The first-order valence-corrected chi connectivity index (χ1v) is 9.16. The molecule has 0 spiro atoms. The molecule has 3 heterocycles. The molecule has 0 fully saturated rings. The van der Waals surface area contributed by atoms with Gasteiger partial charge in [-0.05, 0) is 36.1 Å². The van der Waals surface area contributed by atoms with Crippen LogP contribution in [0.2, 0.25) is 0 Å². The van der Waals surface area contributed by atoms with Crippen molar-refractivity contribution in [3.63, 3.8) is 0 Å². The normalized spacial score (nSPS) is 9.85. The zero-order valence-corrected chi connectivity index (χ0v) is 16.8. The molecule has 0 amide bonds. The molecule has 0 aliphatic heterocycles. The third-order valence-electron chi connectivity index (χ3n) is 2.67. The summed E-state index contributed by atoms with van der Waals surface area (Å²) in [5, 5.41) is 9.07. The van der Waals surface area contributed by atoms with Crippen molar-refractivity contribution >= 4 is 21.9 Å². The lowest BCUT2D eigenvalue weighted by Crippen LogP contribution is -1.70. The molecular formula is C22H32N4. The van der Waals surface area contributed by atoms with E-state index in [-0.39, 0.29) is 0 Å². The standard InChI is InChI=1S/2C7H6N2.2C4H10/c1-2-6-3-5-9-7(6)8-4-1;1-2-4-7-6(3-1)5-8-9-7;2*1-4(2)3/h2*1-5H,(H,8,9);2*4H,1-3H3. The number of benzene rings is 1. The zero-order chi connectivity index (χ0) is 19.4. The van der Waals surface area contributed by atoms with E-state index < -0.39 is 0 Å². The van der Waals surface area contributed by atoms with Crippen LogP contribution in [0, 0.1) is 11.8 Å². The van der Waals surface area contributed by atoms with Crippen LogP contribution in [0.25, 0.3) is 21.9 Å². The monoisotopic (exact) mass is 352 g/mol. The van der Waals surface area contributed by atoms with E-state index in [1.54, 1.807) is 6.20 Å². The van der Waals surface area contributed by atoms with E-state index in [1.165, 1.54) is 0 Å². The summed E-state index contributed by atoms with van der Waals surface area (Å²) in [5.41, 5.74) is 2.05.